The average molecular weight is 654 g/mol. The van der Waals surface area contributed by atoms with Gasteiger partial charge >= 0.3 is 0 Å². The summed E-state index contributed by atoms with van der Waals surface area (Å²) in [7, 11) is 14.0. The van der Waals surface area contributed by atoms with Crippen molar-refractivity contribution in [3.8, 4) is 6.07 Å². The SMILES string of the molecule is CC#N.CC(C)(C)C(=O)CBr.CC(C)(C)C(=O)Cn1nc(C=O)c2ccccc21.O=Cc1[nH]nc2ccccc12.[B]B([B])[B]. The van der Waals surface area contributed by atoms with Crippen LogP contribution in [0, 0.1) is 22.2 Å². The number of halogens is 1. The lowest BCUT2D eigenvalue weighted by Crippen LogP contribution is -2.25. The number of nitrogens with zero attached hydrogens (tertiary/aromatic N) is 4. The predicted octanol–water partition coefficient (Wildman–Crippen LogP) is 4.84. The highest BCUT2D eigenvalue weighted by Crippen LogP contribution is 2.20. The number of rotatable bonds is 5. The van der Waals surface area contributed by atoms with Crippen LogP contribution >= 0.6 is 15.9 Å². The first-order valence-corrected chi connectivity index (χ1v) is 14.6. The lowest BCUT2D eigenvalue weighted by Gasteiger charge is -2.16. The molecule has 0 aliphatic rings. The number of Topliss-reactive ketones (excluding diaryl/α,β-unsaturated/α-hetero) is 2. The first-order valence-electron chi connectivity index (χ1n) is 13.5. The first kappa shape index (κ1) is 40.3. The van der Waals surface area contributed by atoms with Crippen molar-refractivity contribution >= 4 is 91.5 Å². The van der Waals surface area contributed by atoms with Gasteiger partial charge in [0.15, 0.2) is 18.4 Å². The topological polar surface area (TPSA) is 139 Å². The second-order valence-corrected chi connectivity index (χ2v) is 11.8. The molecule has 0 unspecified atom stereocenters. The van der Waals surface area contributed by atoms with E-state index in [0.717, 1.165) is 34.4 Å². The zero-order chi connectivity index (χ0) is 34.1. The van der Waals surface area contributed by atoms with Gasteiger partial charge in [-0.3, -0.25) is 29.0 Å². The number of aldehydes is 2. The second kappa shape index (κ2) is 19.5. The summed E-state index contributed by atoms with van der Waals surface area (Å²) in [5, 5.41) is 20.2. The Morgan fingerprint density at radius 1 is 0.932 bits per heavy atom. The van der Waals surface area contributed by atoms with Crippen LogP contribution in [0.15, 0.2) is 48.5 Å². The number of H-pyrrole nitrogens is 1. The third-order valence-electron chi connectivity index (χ3n) is 5.49. The number of fused-ring (bicyclic) bond motifs is 2. The Morgan fingerprint density at radius 3 is 1.84 bits per heavy atom. The van der Waals surface area contributed by atoms with Gasteiger partial charge in [-0.2, -0.15) is 15.5 Å². The molecule has 14 heteroatoms. The molecule has 0 spiro atoms. The summed E-state index contributed by atoms with van der Waals surface area (Å²) in [4.78, 5) is 44.2. The average Bonchev–Trinajstić information content (AvgIpc) is 3.53. The monoisotopic (exact) mass is 653 g/mol. The number of alkyl halides is 1. The smallest absolute Gasteiger partial charge is 0.170 e. The van der Waals surface area contributed by atoms with Gasteiger partial charge in [0, 0.05) is 58.1 Å². The molecule has 2 aromatic carbocycles. The van der Waals surface area contributed by atoms with E-state index in [2.05, 4.69) is 54.4 Å². The molecular formula is C30H36B4BrN5O4. The fraction of sp³-hybridized carbons (Fsp3) is 0.367. The van der Waals surface area contributed by atoms with E-state index < -0.39 is 11.8 Å². The third-order valence-corrected chi connectivity index (χ3v) is 6.00. The molecule has 224 valence electrons. The van der Waals surface area contributed by atoms with E-state index in [1.807, 2.05) is 90.1 Å². The quantitative estimate of drug-likeness (QED) is 0.185. The van der Waals surface area contributed by atoms with Crippen molar-refractivity contribution in [1.29, 1.82) is 5.26 Å². The summed E-state index contributed by atoms with van der Waals surface area (Å²) < 4.78 is 1.60. The Labute approximate surface area is 272 Å². The molecular weight excluding hydrogens is 618 g/mol. The van der Waals surface area contributed by atoms with Gasteiger partial charge in [-0.15, -0.1) is 0 Å². The maximum Gasteiger partial charge on any atom is 0.170 e. The molecule has 2 aromatic heterocycles. The first-order chi connectivity index (χ1) is 20.5. The molecule has 4 aromatic rings. The molecule has 0 saturated heterocycles. The standard InChI is InChI=1S/C14H16N2O2.C8H6N2O.C6H11BrO.C2H3N.B4/c1-14(2,3)13(18)8-16-12-7-5-4-6-10(12)11(9-17)15-16;11-5-8-6-3-1-2-4-7(6)9-10-8;1-6(2,3)5(8)4-7;1-2-3;1-4(2)3/h4-7,9H,8H2,1-3H3;1-5H,(H,9,10);4H2,1-3H3;1H3;. The Balaban J connectivity index is 0.000000607. The molecule has 0 fully saturated rings. The van der Waals surface area contributed by atoms with Crippen molar-refractivity contribution in [2.24, 2.45) is 10.8 Å². The lowest BCUT2D eigenvalue weighted by molar-refractivity contribution is -0.127. The van der Waals surface area contributed by atoms with Crippen LogP contribution in [0.1, 0.15) is 69.4 Å². The summed E-state index contributed by atoms with van der Waals surface area (Å²) in [5.41, 5.74) is 1.98. The molecule has 0 aliphatic heterocycles. The maximum absolute atomic E-state index is 12.0. The summed E-state index contributed by atoms with van der Waals surface area (Å²) in [6.45, 7) is 13.0. The Kier molecular flexibility index (Phi) is 17.9. The highest BCUT2D eigenvalue weighted by Gasteiger charge is 2.23. The number of nitriles is 1. The third kappa shape index (κ3) is 14.2. The van der Waals surface area contributed by atoms with Crippen molar-refractivity contribution in [2.45, 2.75) is 55.0 Å². The number of carbonyl (C=O) groups is 4. The fourth-order valence-electron chi connectivity index (χ4n) is 3.00. The fourth-order valence-corrected chi connectivity index (χ4v) is 3.84. The summed E-state index contributed by atoms with van der Waals surface area (Å²) in [6.07, 6.45) is 0.829. The largest absolute Gasteiger partial charge is 0.298 e. The van der Waals surface area contributed by atoms with E-state index in [9.17, 15) is 19.2 Å². The zero-order valence-electron chi connectivity index (χ0n) is 26.3. The minimum atomic E-state index is -0.667. The molecule has 44 heavy (non-hydrogen) atoms. The van der Waals surface area contributed by atoms with E-state index in [0.29, 0.717) is 16.7 Å². The predicted molar refractivity (Wildman–Crippen MR) is 184 cm³/mol. The molecule has 0 bridgehead atoms. The maximum atomic E-state index is 12.0. The summed E-state index contributed by atoms with van der Waals surface area (Å²) in [6, 6.07) is 16.7. The van der Waals surface area contributed by atoms with Crippen LogP contribution in [0.25, 0.3) is 21.8 Å². The molecule has 6 radical (unpaired) electrons. The van der Waals surface area contributed by atoms with Gasteiger partial charge in [0.1, 0.15) is 23.7 Å². The number of ketones is 2. The number of nitrogens with one attached hydrogen (secondary N) is 1. The van der Waals surface area contributed by atoms with Crippen LogP contribution in [-0.4, -0.2) is 79.0 Å². The molecule has 0 atom stereocenters. The number of aromatic amines is 1. The molecule has 9 nitrogen and oxygen atoms in total. The van der Waals surface area contributed by atoms with Crippen molar-refractivity contribution in [2.75, 3.05) is 5.33 Å². The number of benzene rings is 2. The van der Waals surface area contributed by atoms with E-state index in [1.54, 1.807) is 10.8 Å². The highest BCUT2D eigenvalue weighted by atomic mass is 79.9. The van der Waals surface area contributed by atoms with E-state index in [4.69, 9.17) is 5.26 Å². The summed E-state index contributed by atoms with van der Waals surface area (Å²) in [5.74, 6) is 0.339. The number of hydrogen-bond donors (Lipinski definition) is 1. The minimum absolute atomic E-state index is 0.0909. The van der Waals surface area contributed by atoms with Crippen molar-refractivity contribution in [3.05, 3.63) is 59.9 Å². The van der Waals surface area contributed by atoms with Gasteiger partial charge in [0.25, 0.3) is 0 Å². The summed E-state index contributed by atoms with van der Waals surface area (Å²) >= 11 is 3.10. The van der Waals surface area contributed by atoms with Crippen LogP contribution < -0.4 is 0 Å². The van der Waals surface area contributed by atoms with Crippen LogP contribution in [0.5, 0.6) is 0 Å². The van der Waals surface area contributed by atoms with Gasteiger partial charge in [-0.25, -0.2) is 0 Å². The van der Waals surface area contributed by atoms with Crippen molar-refractivity contribution in [1.82, 2.24) is 20.0 Å². The van der Waals surface area contributed by atoms with E-state index >= 15 is 0 Å². The molecule has 0 saturated carbocycles. The van der Waals surface area contributed by atoms with Gasteiger partial charge in [0.2, 0.25) is 0 Å². The number of hydrogen-bond acceptors (Lipinski definition) is 7. The number of carbonyl (C=O) groups excluding carboxylic acids is 4. The van der Waals surface area contributed by atoms with Gasteiger partial charge in [-0.1, -0.05) is 93.9 Å². The minimum Gasteiger partial charge on any atom is -0.298 e. The molecule has 0 amide bonds. The normalized spacial score (nSPS) is 10.2. The highest BCUT2D eigenvalue weighted by molar-refractivity contribution is 9.09. The van der Waals surface area contributed by atoms with Crippen LogP contribution in [0.4, 0.5) is 0 Å². The van der Waals surface area contributed by atoms with Crippen molar-refractivity contribution < 1.29 is 19.2 Å². The number of para-hydroxylation sites is 2. The Bertz CT molecular complexity index is 1550. The van der Waals surface area contributed by atoms with E-state index in [-0.39, 0.29) is 23.5 Å². The van der Waals surface area contributed by atoms with Crippen LogP contribution in [-0.2, 0) is 16.1 Å². The molecule has 2 heterocycles. The van der Waals surface area contributed by atoms with Gasteiger partial charge in [0.05, 0.1) is 22.4 Å². The Morgan fingerprint density at radius 2 is 1.41 bits per heavy atom. The van der Waals surface area contributed by atoms with E-state index in [1.165, 1.54) is 6.92 Å². The molecule has 4 rings (SSSR count). The molecule has 0 aliphatic carbocycles. The van der Waals surface area contributed by atoms with Crippen LogP contribution in [0.3, 0.4) is 0 Å². The second-order valence-electron chi connectivity index (χ2n) is 11.2. The van der Waals surface area contributed by atoms with Crippen molar-refractivity contribution in [3.63, 3.8) is 0 Å². The number of aromatic nitrogens is 4. The van der Waals surface area contributed by atoms with Crippen LogP contribution in [0.2, 0.25) is 0 Å². The lowest BCUT2D eigenvalue weighted by atomic mass is 9.08. The molecule has 1 N–H and O–H groups in total. The van der Waals surface area contributed by atoms with Gasteiger partial charge in [-0.05, 0) is 12.1 Å². The zero-order valence-corrected chi connectivity index (χ0v) is 27.9. The van der Waals surface area contributed by atoms with Gasteiger partial charge < -0.3 is 0 Å². The Hall–Kier alpha value is -3.71.